The molecule has 0 bridgehead atoms. The molecule has 0 aliphatic heterocycles. The van der Waals surface area contributed by atoms with Crippen LogP contribution in [-0.4, -0.2) is 22.2 Å². The second-order valence-electron chi connectivity index (χ2n) is 7.44. The molecule has 0 saturated heterocycles. The SMILES string of the molecule is CCCCC/C=C\C/C=C\CCCCCCCC(=O)O.CCCCCC#CC(=O)O. The molecule has 0 heterocycles. The minimum Gasteiger partial charge on any atom is -0.481 e. The van der Waals surface area contributed by atoms with Crippen LogP contribution in [0.15, 0.2) is 24.3 Å². The molecule has 0 fully saturated rings. The normalized spacial score (nSPS) is 10.5. The van der Waals surface area contributed by atoms with Gasteiger partial charge in [-0.3, -0.25) is 4.79 Å². The summed E-state index contributed by atoms with van der Waals surface area (Å²) in [6.07, 6.45) is 26.3. The predicted molar refractivity (Wildman–Crippen MR) is 127 cm³/mol. The molecular weight excluding hydrogens is 376 g/mol. The Balaban J connectivity index is 0. The van der Waals surface area contributed by atoms with Gasteiger partial charge in [-0.05, 0) is 44.9 Å². The Hall–Kier alpha value is -2.02. The van der Waals surface area contributed by atoms with Crippen molar-refractivity contribution in [3.05, 3.63) is 24.3 Å². The van der Waals surface area contributed by atoms with Crippen LogP contribution in [0.2, 0.25) is 0 Å². The van der Waals surface area contributed by atoms with Crippen LogP contribution in [0.3, 0.4) is 0 Å². The van der Waals surface area contributed by atoms with Gasteiger partial charge in [0.25, 0.3) is 0 Å². The van der Waals surface area contributed by atoms with Crippen LogP contribution < -0.4 is 0 Å². The second kappa shape index (κ2) is 27.0. The van der Waals surface area contributed by atoms with E-state index < -0.39 is 11.9 Å². The maximum absolute atomic E-state index is 10.3. The van der Waals surface area contributed by atoms with E-state index in [2.05, 4.69) is 50.0 Å². The van der Waals surface area contributed by atoms with E-state index in [-0.39, 0.29) is 0 Å². The molecule has 4 nitrogen and oxygen atoms in total. The summed E-state index contributed by atoms with van der Waals surface area (Å²) < 4.78 is 0. The van der Waals surface area contributed by atoms with Gasteiger partial charge in [-0.1, -0.05) is 89.0 Å². The van der Waals surface area contributed by atoms with Crippen molar-refractivity contribution in [2.45, 2.75) is 117 Å². The number of hydrogen-bond donors (Lipinski definition) is 2. The van der Waals surface area contributed by atoms with Gasteiger partial charge in [0.1, 0.15) is 0 Å². The molecule has 172 valence electrons. The number of unbranched alkanes of at least 4 members (excludes halogenated alkanes) is 11. The van der Waals surface area contributed by atoms with Gasteiger partial charge in [0.2, 0.25) is 0 Å². The molecule has 0 radical (unpaired) electrons. The van der Waals surface area contributed by atoms with Gasteiger partial charge in [0.15, 0.2) is 0 Å². The Morgan fingerprint density at radius 1 is 0.700 bits per heavy atom. The van der Waals surface area contributed by atoms with Crippen molar-refractivity contribution >= 4 is 11.9 Å². The van der Waals surface area contributed by atoms with Crippen LogP contribution in [0.1, 0.15) is 117 Å². The van der Waals surface area contributed by atoms with E-state index in [0.717, 1.165) is 44.9 Å². The van der Waals surface area contributed by atoms with Crippen molar-refractivity contribution in [1.82, 2.24) is 0 Å². The fraction of sp³-hybridized carbons (Fsp3) is 0.692. The highest BCUT2D eigenvalue weighted by molar-refractivity contribution is 5.86. The number of hydrogen-bond acceptors (Lipinski definition) is 2. The van der Waals surface area contributed by atoms with E-state index in [4.69, 9.17) is 10.2 Å². The number of carbonyl (C=O) groups is 2. The second-order valence-corrected chi connectivity index (χ2v) is 7.44. The Bertz CT molecular complexity index is 509. The lowest BCUT2D eigenvalue weighted by molar-refractivity contribution is -0.137. The van der Waals surface area contributed by atoms with Crippen LogP contribution in [0, 0.1) is 11.8 Å². The van der Waals surface area contributed by atoms with Gasteiger partial charge in [-0.2, -0.15) is 0 Å². The lowest BCUT2D eigenvalue weighted by Gasteiger charge is -1.98. The first-order valence-corrected chi connectivity index (χ1v) is 11.8. The Labute approximate surface area is 184 Å². The summed E-state index contributed by atoms with van der Waals surface area (Å²) in [7, 11) is 0. The number of carboxylic acid groups (broad SMARTS) is 2. The first kappa shape index (κ1) is 30.2. The summed E-state index contributed by atoms with van der Waals surface area (Å²) in [4.78, 5) is 20.2. The van der Waals surface area contributed by atoms with Crippen LogP contribution >= 0.6 is 0 Å². The first-order chi connectivity index (χ1) is 14.5. The molecule has 0 aromatic carbocycles. The molecule has 0 spiro atoms. The van der Waals surface area contributed by atoms with Crippen molar-refractivity contribution in [2.24, 2.45) is 0 Å². The van der Waals surface area contributed by atoms with Gasteiger partial charge >= 0.3 is 11.9 Å². The maximum atomic E-state index is 10.3. The fourth-order valence-electron chi connectivity index (χ4n) is 2.69. The Morgan fingerprint density at radius 2 is 1.23 bits per heavy atom. The molecular formula is C26H44O4. The van der Waals surface area contributed by atoms with Crippen molar-refractivity contribution in [3.63, 3.8) is 0 Å². The summed E-state index contributed by atoms with van der Waals surface area (Å²) in [5.74, 6) is 2.94. The average molecular weight is 421 g/mol. The highest BCUT2D eigenvalue weighted by atomic mass is 16.4. The Morgan fingerprint density at radius 3 is 1.80 bits per heavy atom. The van der Waals surface area contributed by atoms with Crippen molar-refractivity contribution in [2.75, 3.05) is 0 Å². The zero-order chi connectivity index (χ0) is 22.7. The van der Waals surface area contributed by atoms with Crippen LogP contribution in [-0.2, 0) is 9.59 Å². The lowest BCUT2D eigenvalue weighted by atomic mass is 10.1. The van der Waals surface area contributed by atoms with E-state index in [0.29, 0.717) is 12.8 Å². The summed E-state index contributed by atoms with van der Waals surface area (Å²) >= 11 is 0. The average Bonchev–Trinajstić information content (AvgIpc) is 2.71. The molecule has 30 heavy (non-hydrogen) atoms. The fourth-order valence-corrected chi connectivity index (χ4v) is 2.69. The monoisotopic (exact) mass is 420 g/mol. The highest BCUT2D eigenvalue weighted by Crippen LogP contribution is 2.08. The molecule has 0 saturated carbocycles. The van der Waals surface area contributed by atoms with E-state index in [1.165, 1.54) is 44.9 Å². The highest BCUT2D eigenvalue weighted by Gasteiger charge is 1.95. The molecule has 0 aliphatic carbocycles. The standard InChI is InChI=1S/C18H32O2.C8H12O2/c1-2-3-4-5-6-7-8-9-10-11-12-13-14-15-16-17-18(19)20;1-2-3-4-5-6-7-8(9)10/h6-7,9-10H,2-5,8,11-17H2,1H3,(H,19,20);2-5H2,1H3,(H,9,10)/b7-6-,10-9-;. The van der Waals surface area contributed by atoms with E-state index in [9.17, 15) is 9.59 Å². The number of allylic oxidation sites excluding steroid dienone is 4. The molecule has 0 unspecified atom stereocenters. The lowest BCUT2D eigenvalue weighted by Crippen LogP contribution is -1.93. The third kappa shape index (κ3) is 33.6. The maximum Gasteiger partial charge on any atom is 0.381 e. The number of rotatable bonds is 17. The third-order valence-corrected chi connectivity index (χ3v) is 4.44. The molecule has 0 aromatic rings. The van der Waals surface area contributed by atoms with Crippen molar-refractivity contribution in [3.8, 4) is 11.8 Å². The van der Waals surface area contributed by atoms with Crippen molar-refractivity contribution in [1.29, 1.82) is 0 Å². The molecule has 2 N–H and O–H groups in total. The molecule has 0 aliphatic rings. The summed E-state index contributed by atoms with van der Waals surface area (Å²) in [6, 6.07) is 0. The molecule has 0 amide bonds. The minimum absolute atomic E-state index is 0.324. The van der Waals surface area contributed by atoms with E-state index in [1.807, 2.05) is 0 Å². The quantitative estimate of drug-likeness (QED) is 0.145. The number of aliphatic carboxylic acids is 2. The van der Waals surface area contributed by atoms with E-state index >= 15 is 0 Å². The predicted octanol–water partition coefficient (Wildman–Crippen LogP) is 7.54. The van der Waals surface area contributed by atoms with E-state index in [1.54, 1.807) is 0 Å². The first-order valence-electron chi connectivity index (χ1n) is 11.8. The Kier molecular flexibility index (Phi) is 27.1. The molecule has 0 rings (SSSR count). The van der Waals surface area contributed by atoms with Gasteiger partial charge in [0, 0.05) is 18.8 Å². The minimum atomic E-state index is -1.03. The zero-order valence-electron chi connectivity index (χ0n) is 19.3. The van der Waals surface area contributed by atoms with Gasteiger partial charge in [0.05, 0.1) is 0 Å². The zero-order valence-corrected chi connectivity index (χ0v) is 19.3. The van der Waals surface area contributed by atoms with Gasteiger partial charge in [-0.25, -0.2) is 4.79 Å². The number of carboxylic acids is 2. The molecule has 4 heteroatoms. The summed E-state index contributed by atoms with van der Waals surface area (Å²) in [5, 5.41) is 16.6. The smallest absolute Gasteiger partial charge is 0.381 e. The van der Waals surface area contributed by atoms with Crippen LogP contribution in [0.4, 0.5) is 0 Å². The summed E-state index contributed by atoms with van der Waals surface area (Å²) in [6.45, 7) is 4.34. The third-order valence-electron chi connectivity index (χ3n) is 4.44. The van der Waals surface area contributed by atoms with Crippen molar-refractivity contribution < 1.29 is 19.8 Å². The van der Waals surface area contributed by atoms with Crippen LogP contribution in [0.5, 0.6) is 0 Å². The van der Waals surface area contributed by atoms with Gasteiger partial charge in [-0.15, -0.1) is 0 Å². The largest absolute Gasteiger partial charge is 0.481 e. The van der Waals surface area contributed by atoms with Gasteiger partial charge < -0.3 is 10.2 Å². The molecule has 0 aromatic heterocycles. The van der Waals surface area contributed by atoms with Crippen LogP contribution in [0.25, 0.3) is 0 Å². The molecule has 0 atom stereocenters. The summed E-state index contributed by atoms with van der Waals surface area (Å²) in [5.41, 5.74) is 0. The topological polar surface area (TPSA) is 74.6 Å².